The Hall–Kier alpha value is -2.35. The van der Waals surface area contributed by atoms with Crippen LogP contribution in [0, 0.1) is 5.92 Å². The molecule has 8 heteroatoms. The van der Waals surface area contributed by atoms with E-state index >= 15 is 0 Å². The highest BCUT2D eigenvalue weighted by molar-refractivity contribution is 5.96. The molecule has 2 aliphatic rings. The SMILES string of the molecule is CCC(CC)(NC(=O)c1ccc(N2CC(OC)C2)c(OCC2CC2)n1)C(=O)O. The largest absolute Gasteiger partial charge is 0.480 e. The maximum absolute atomic E-state index is 12.7. The zero-order valence-electron chi connectivity index (χ0n) is 16.7. The van der Waals surface area contributed by atoms with Gasteiger partial charge in [0.05, 0.1) is 12.7 Å². The van der Waals surface area contributed by atoms with E-state index in [0.29, 0.717) is 31.2 Å². The highest BCUT2D eigenvalue weighted by Gasteiger charge is 2.37. The number of carbonyl (C=O) groups is 2. The van der Waals surface area contributed by atoms with Crippen LogP contribution in [-0.4, -0.2) is 60.4 Å². The predicted molar refractivity (Wildman–Crippen MR) is 104 cm³/mol. The lowest BCUT2D eigenvalue weighted by atomic mass is 9.92. The van der Waals surface area contributed by atoms with Crippen molar-refractivity contribution in [3.8, 4) is 5.88 Å². The Bertz CT molecular complexity index is 725. The van der Waals surface area contributed by atoms with Gasteiger partial charge in [-0.25, -0.2) is 9.78 Å². The first-order valence-electron chi connectivity index (χ1n) is 9.90. The summed E-state index contributed by atoms with van der Waals surface area (Å²) in [4.78, 5) is 30.9. The molecular formula is C20H29N3O5. The first-order valence-corrected chi connectivity index (χ1v) is 9.90. The summed E-state index contributed by atoms with van der Waals surface area (Å²) in [6.45, 7) is 5.56. The minimum Gasteiger partial charge on any atom is -0.480 e. The Morgan fingerprint density at radius 2 is 1.96 bits per heavy atom. The molecule has 1 aliphatic heterocycles. The molecule has 1 aliphatic carbocycles. The molecule has 1 amide bonds. The molecule has 28 heavy (non-hydrogen) atoms. The lowest BCUT2D eigenvalue weighted by molar-refractivity contribution is -0.144. The number of pyridine rings is 1. The molecule has 2 fully saturated rings. The molecule has 2 N–H and O–H groups in total. The number of methoxy groups -OCH3 is 1. The number of carbonyl (C=O) groups excluding carboxylic acids is 1. The first-order chi connectivity index (χ1) is 13.4. The molecule has 1 aromatic heterocycles. The van der Waals surface area contributed by atoms with Gasteiger partial charge in [0, 0.05) is 20.2 Å². The van der Waals surface area contributed by atoms with Crippen molar-refractivity contribution in [3.05, 3.63) is 17.8 Å². The van der Waals surface area contributed by atoms with E-state index in [4.69, 9.17) is 9.47 Å². The second-order valence-corrected chi connectivity index (χ2v) is 7.59. The average molecular weight is 391 g/mol. The first kappa shape index (κ1) is 20.4. The van der Waals surface area contributed by atoms with Gasteiger partial charge in [0.25, 0.3) is 5.91 Å². The predicted octanol–water partition coefficient (Wildman–Crippen LogP) is 2.08. The fourth-order valence-corrected chi connectivity index (χ4v) is 3.24. The third kappa shape index (κ3) is 4.22. The molecule has 0 bridgehead atoms. The topological polar surface area (TPSA) is 101 Å². The van der Waals surface area contributed by atoms with Crippen LogP contribution in [-0.2, 0) is 9.53 Å². The minimum atomic E-state index is -1.30. The van der Waals surface area contributed by atoms with Crippen molar-refractivity contribution in [1.29, 1.82) is 0 Å². The van der Waals surface area contributed by atoms with E-state index in [2.05, 4.69) is 15.2 Å². The number of anilines is 1. The fourth-order valence-electron chi connectivity index (χ4n) is 3.24. The van der Waals surface area contributed by atoms with E-state index in [1.807, 2.05) is 6.07 Å². The fraction of sp³-hybridized carbons (Fsp3) is 0.650. The van der Waals surface area contributed by atoms with Crippen molar-refractivity contribution in [2.24, 2.45) is 5.92 Å². The summed E-state index contributed by atoms with van der Waals surface area (Å²) in [7, 11) is 1.69. The molecular weight excluding hydrogens is 362 g/mol. The number of carboxylic acid groups (broad SMARTS) is 1. The van der Waals surface area contributed by atoms with E-state index in [1.54, 1.807) is 27.0 Å². The van der Waals surface area contributed by atoms with Gasteiger partial charge in [-0.05, 0) is 43.7 Å². The van der Waals surface area contributed by atoms with Crippen molar-refractivity contribution >= 4 is 17.6 Å². The van der Waals surface area contributed by atoms with E-state index in [1.165, 1.54) is 0 Å². The van der Waals surface area contributed by atoms with Gasteiger partial charge in [-0.1, -0.05) is 13.8 Å². The number of hydrogen-bond acceptors (Lipinski definition) is 6. The van der Waals surface area contributed by atoms with E-state index in [9.17, 15) is 14.7 Å². The molecule has 0 atom stereocenters. The molecule has 1 aromatic rings. The van der Waals surface area contributed by atoms with Gasteiger partial charge >= 0.3 is 5.97 Å². The van der Waals surface area contributed by atoms with Gasteiger partial charge in [-0.2, -0.15) is 0 Å². The second-order valence-electron chi connectivity index (χ2n) is 7.59. The highest BCUT2D eigenvalue weighted by Crippen LogP contribution is 2.34. The van der Waals surface area contributed by atoms with Gasteiger partial charge in [0.15, 0.2) is 0 Å². The van der Waals surface area contributed by atoms with Crippen molar-refractivity contribution in [3.63, 3.8) is 0 Å². The molecule has 8 nitrogen and oxygen atoms in total. The third-order valence-corrected chi connectivity index (χ3v) is 5.72. The molecule has 2 heterocycles. The van der Waals surface area contributed by atoms with Gasteiger partial charge < -0.3 is 24.8 Å². The lowest BCUT2D eigenvalue weighted by Crippen LogP contribution is -2.54. The Kier molecular flexibility index (Phi) is 6.07. The standard InChI is InChI=1S/C20H29N3O5/c1-4-20(5-2,19(25)26)22-17(24)15-8-9-16(23-10-14(11-23)27-3)18(21-15)28-12-13-6-7-13/h8-9,13-14H,4-7,10-12H2,1-3H3,(H,22,24)(H,25,26). The Morgan fingerprint density at radius 3 is 2.50 bits per heavy atom. The number of carboxylic acids is 1. The van der Waals surface area contributed by atoms with Crippen LogP contribution in [0.1, 0.15) is 50.0 Å². The quantitative estimate of drug-likeness (QED) is 0.630. The van der Waals surface area contributed by atoms with Crippen molar-refractivity contribution < 1.29 is 24.2 Å². The molecule has 1 saturated heterocycles. The number of hydrogen-bond donors (Lipinski definition) is 2. The van der Waals surface area contributed by atoms with Gasteiger partial charge in [-0.3, -0.25) is 4.79 Å². The number of aromatic nitrogens is 1. The normalized spacial score (nSPS) is 17.2. The molecule has 0 aromatic carbocycles. The van der Waals surface area contributed by atoms with Crippen LogP contribution in [0.5, 0.6) is 5.88 Å². The highest BCUT2D eigenvalue weighted by atomic mass is 16.5. The number of nitrogens with one attached hydrogen (secondary N) is 1. The number of aliphatic carboxylic acids is 1. The monoisotopic (exact) mass is 391 g/mol. The Labute approximate surface area is 165 Å². The van der Waals surface area contributed by atoms with Crippen LogP contribution >= 0.6 is 0 Å². The van der Waals surface area contributed by atoms with Gasteiger partial charge in [-0.15, -0.1) is 0 Å². The van der Waals surface area contributed by atoms with Crippen molar-refractivity contribution in [2.75, 3.05) is 31.7 Å². The number of ether oxygens (including phenoxy) is 2. The zero-order valence-corrected chi connectivity index (χ0v) is 16.7. The maximum atomic E-state index is 12.7. The Balaban J connectivity index is 1.79. The second kappa shape index (κ2) is 8.34. The molecule has 0 radical (unpaired) electrons. The number of nitrogens with zero attached hydrogens (tertiary/aromatic N) is 2. The summed E-state index contributed by atoms with van der Waals surface area (Å²) in [6, 6.07) is 3.43. The summed E-state index contributed by atoms with van der Waals surface area (Å²) >= 11 is 0. The molecule has 0 spiro atoms. The summed E-state index contributed by atoms with van der Waals surface area (Å²) in [5.74, 6) is -0.579. The lowest BCUT2D eigenvalue weighted by Gasteiger charge is -2.40. The summed E-state index contributed by atoms with van der Waals surface area (Å²) < 4.78 is 11.2. The van der Waals surface area contributed by atoms with Crippen LogP contribution in [0.4, 0.5) is 5.69 Å². The zero-order chi connectivity index (χ0) is 20.3. The molecule has 3 rings (SSSR count). The molecule has 1 saturated carbocycles. The smallest absolute Gasteiger partial charge is 0.329 e. The van der Waals surface area contributed by atoms with E-state index in [0.717, 1.165) is 31.6 Å². The molecule has 0 unspecified atom stereocenters. The number of amides is 1. The van der Waals surface area contributed by atoms with Crippen LogP contribution in [0.3, 0.4) is 0 Å². The van der Waals surface area contributed by atoms with Gasteiger partial charge in [0.1, 0.15) is 16.9 Å². The number of rotatable bonds is 10. The minimum absolute atomic E-state index is 0.158. The molecule has 154 valence electrons. The van der Waals surface area contributed by atoms with E-state index < -0.39 is 17.4 Å². The average Bonchev–Trinajstić information content (AvgIpc) is 3.48. The maximum Gasteiger partial charge on any atom is 0.329 e. The van der Waals surface area contributed by atoms with Crippen LogP contribution < -0.4 is 15.0 Å². The van der Waals surface area contributed by atoms with Crippen LogP contribution in [0.15, 0.2) is 12.1 Å². The summed E-state index contributed by atoms with van der Waals surface area (Å²) in [5, 5.41) is 12.2. The van der Waals surface area contributed by atoms with Crippen molar-refractivity contribution in [1.82, 2.24) is 10.3 Å². The van der Waals surface area contributed by atoms with Crippen LogP contribution in [0.25, 0.3) is 0 Å². The summed E-state index contributed by atoms with van der Waals surface area (Å²) in [5.41, 5.74) is -0.304. The Morgan fingerprint density at radius 1 is 1.29 bits per heavy atom. The van der Waals surface area contributed by atoms with E-state index in [-0.39, 0.29) is 11.8 Å². The summed E-state index contributed by atoms with van der Waals surface area (Å²) in [6.07, 6.45) is 3.07. The van der Waals surface area contributed by atoms with Crippen LogP contribution in [0.2, 0.25) is 0 Å². The van der Waals surface area contributed by atoms with Crippen molar-refractivity contribution in [2.45, 2.75) is 51.2 Å². The van der Waals surface area contributed by atoms with Gasteiger partial charge in [0.2, 0.25) is 5.88 Å². The third-order valence-electron chi connectivity index (χ3n) is 5.72.